The SMILES string of the molecule is Cc1ccc(C(=O)NC(=Cc2cccs2)C(=O)NC2CCN(Cc3ccccc3)CC2)cc1C. The summed E-state index contributed by atoms with van der Waals surface area (Å²) in [5.74, 6) is -0.522. The summed E-state index contributed by atoms with van der Waals surface area (Å²) >= 11 is 1.53. The maximum atomic E-state index is 13.2. The van der Waals surface area contributed by atoms with Gasteiger partial charge in [0.05, 0.1) is 0 Å². The van der Waals surface area contributed by atoms with Crippen LogP contribution in [0.2, 0.25) is 0 Å². The van der Waals surface area contributed by atoms with Gasteiger partial charge < -0.3 is 10.6 Å². The standard InChI is InChI=1S/C28H31N3O2S/c1-20-10-11-23(17-21(20)2)27(32)30-26(18-25-9-6-16-34-25)28(33)29-24-12-14-31(15-13-24)19-22-7-4-3-5-8-22/h3-11,16-18,24H,12-15,19H2,1-2H3,(H,29,33)(H,30,32). The van der Waals surface area contributed by atoms with Gasteiger partial charge in [0.2, 0.25) is 0 Å². The van der Waals surface area contributed by atoms with Gasteiger partial charge in [-0.1, -0.05) is 42.5 Å². The van der Waals surface area contributed by atoms with Gasteiger partial charge in [0, 0.05) is 36.1 Å². The minimum atomic E-state index is -0.279. The van der Waals surface area contributed by atoms with Crippen molar-refractivity contribution in [1.82, 2.24) is 15.5 Å². The molecule has 4 rings (SSSR count). The molecule has 2 N–H and O–H groups in total. The topological polar surface area (TPSA) is 61.4 Å². The third kappa shape index (κ3) is 6.43. The van der Waals surface area contributed by atoms with E-state index in [-0.39, 0.29) is 23.6 Å². The molecule has 0 aliphatic carbocycles. The van der Waals surface area contributed by atoms with E-state index < -0.39 is 0 Å². The van der Waals surface area contributed by atoms with E-state index in [1.165, 1.54) is 16.9 Å². The smallest absolute Gasteiger partial charge is 0.268 e. The van der Waals surface area contributed by atoms with Crippen LogP contribution in [0.1, 0.15) is 44.8 Å². The first-order valence-corrected chi connectivity index (χ1v) is 12.6. The van der Waals surface area contributed by atoms with Crippen molar-refractivity contribution >= 4 is 29.2 Å². The third-order valence-electron chi connectivity index (χ3n) is 6.26. The molecule has 1 aromatic heterocycles. The highest BCUT2D eigenvalue weighted by Crippen LogP contribution is 2.17. The Morgan fingerprint density at radius 3 is 2.44 bits per heavy atom. The summed E-state index contributed by atoms with van der Waals surface area (Å²) in [6.07, 6.45) is 3.52. The van der Waals surface area contributed by atoms with Gasteiger partial charge in [0.15, 0.2) is 0 Å². The summed E-state index contributed by atoms with van der Waals surface area (Å²) in [5.41, 5.74) is 4.30. The molecule has 0 radical (unpaired) electrons. The number of amides is 2. The molecular weight excluding hydrogens is 442 g/mol. The normalized spacial score (nSPS) is 15.2. The maximum Gasteiger partial charge on any atom is 0.268 e. The number of carbonyl (C=O) groups excluding carboxylic acids is 2. The molecule has 3 aromatic rings. The first-order chi connectivity index (χ1) is 16.5. The van der Waals surface area contributed by atoms with Crippen LogP contribution in [0, 0.1) is 13.8 Å². The van der Waals surface area contributed by atoms with Crippen molar-refractivity contribution in [2.45, 2.75) is 39.3 Å². The average Bonchev–Trinajstić information content (AvgIpc) is 3.35. The zero-order valence-electron chi connectivity index (χ0n) is 19.7. The molecule has 2 aromatic carbocycles. The number of thiophene rings is 1. The number of rotatable bonds is 7. The minimum Gasteiger partial charge on any atom is -0.348 e. The van der Waals surface area contributed by atoms with Crippen molar-refractivity contribution in [3.63, 3.8) is 0 Å². The first kappa shape index (κ1) is 23.9. The fourth-order valence-corrected chi connectivity index (χ4v) is 4.75. The molecule has 0 saturated carbocycles. The summed E-state index contributed by atoms with van der Waals surface area (Å²) in [6, 6.07) is 20.0. The van der Waals surface area contributed by atoms with Crippen LogP contribution in [-0.2, 0) is 11.3 Å². The highest BCUT2D eigenvalue weighted by atomic mass is 32.1. The highest BCUT2D eigenvalue weighted by Gasteiger charge is 2.23. The minimum absolute atomic E-state index is 0.0878. The number of hydrogen-bond donors (Lipinski definition) is 2. The van der Waals surface area contributed by atoms with Gasteiger partial charge in [0.25, 0.3) is 11.8 Å². The van der Waals surface area contributed by atoms with E-state index in [4.69, 9.17) is 0 Å². The van der Waals surface area contributed by atoms with Crippen molar-refractivity contribution in [2.24, 2.45) is 0 Å². The molecule has 5 nitrogen and oxygen atoms in total. The zero-order chi connectivity index (χ0) is 23.9. The Kier molecular flexibility index (Phi) is 7.93. The largest absolute Gasteiger partial charge is 0.348 e. The second-order valence-electron chi connectivity index (χ2n) is 8.84. The van der Waals surface area contributed by atoms with Gasteiger partial charge >= 0.3 is 0 Å². The Morgan fingerprint density at radius 2 is 1.76 bits per heavy atom. The van der Waals surface area contributed by atoms with Crippen molar-refractivity contribution in [3.05, 3.63) is 98.9 Å². The van der Waals surface area contributed by atoms with Crippen molar-refractivity contribution in [1.29, 1.82) is 0 Å². The lowest BCUT2D eigenvalue weighted by Crippen LogP contribution is -2.46. The number of aryl methyl sites for hydroxylation is 2. The number of nitrogens with zero attached hydrogens (tertiary/aromatic N) is 1. The molecule has 0 spiro atoms. The van der Waals surface area contributed by atoms with Gasteiger partial charge in [-0.2, -0.15) is 0 Å². The molecule has 0 unspecified atom stereocenters. The molecule has 2 heterocycles. The molecular formula is C28H31N3O2S. The zero-order valence-corrected chi connectivity index (χ0v) is 20.5. The summed E-state index contributed by atoms with van der Waals surface area (Å²) < 4.78 is 0. The number of hydrogen-bond acceptors (Lipinski definition) is 4. The maximum absolute atomic E-state index is 13.2. The number of benzene rings is 2. The predicted octanol–water partition coefficient (Wildman–Crippen LogP) is 4.92. The van der Waals surface area contributed by atoms with Gasteiger partial charge in [-0.3, -0.25) is 14.5 Å². The lowest BCUT2D eigenvalue weighted by atomic mass is 10.0. The van der Waals surface area contributed by atoms with E-state index in [1.54, 1.807) is 12.1 Å². The van der Waals surface area contributed by atoms with E-state index >= 15 is 0 Å². The average molecular weight is 474 g/mol. The Balaban J connectivity index is 1.39. The second-order valence-corrected chi connectivity index (χ2v) is 9.82. The summed E-state index contributed by atoms with van der Waals surface area (Å²) in [7, 11) is 0. The van der Waals surface area contributed by atoms with Gasteiger partial charge in [-0.05, 0) is 73.0 Å². The lowest BCUT2D eigenvalue weighted by Gasteiger charge is -2.32. The first-order valence-electron chi connectivity index (χ1n) is 11.7. The summed E-state index contributed by atoms with van der Waals surface area (Å²) in [4.78, 5) is 29.5. The Labute approximate surface area is 205 Å². The Hall–Kier alpha value is -3.22. The molecule has 2 amide bonds. The number of piperidine rings is 1. The molecule has 1 aliphatic heterocycles. The molecule has 1 saturated heterocycles. The molecule has 0 bridgehead atoms. The molecule has 1 fully saturated rings. The van der Waals surface area contributed by atoms with Crippen molar-refractivity contribution in [2.75, 3.05) is 13.1 Å². The fourth-order valence-electron chi connectivity index (χ4n) is 4.09. The van der Waals surface area contributed by atoms with Crippen LogP contribution in [-0.4, -0.2) is 35.8 Å². The van der Waals surface area contributed by atoms with Gasteiger partial charge in [0.1, 0.15) is 5.70 Å². The second kappa shape index (κ2) is 11.3. The highest BCUT2D eigenvalue weighted by molar-refractivity contribution is 7.10. The summed E-state index contributed by atoms with van der Waals surface area (Å²) in [6.45, 7) is 6.78. The van der Waals surface area contributed by atoms with E-state index in [9.17, 15) is 9.59 Å². The van der Waals surface area contributed by atoms with Crippen LogP contribution in [0.25, 0.3) is 6.08 Å². The van der Waals surface area contributed by atoms with Crippen LogP contribution in [0.15, 0.2) is 71.7 Å². The monoisotopic (exact) mass is 473 g/mol. The summed E-state index contributed by atoms with van der Waals surface area (Å²) in [5, 5.41) is 7.96. The van der Waals surface area contributed by atoms with Crippen molar-refractivity contribution < 1.29 is 9.59 Å². The van der Waals surface area contributed by atoms with E-state index in [1.807, 2.05) is 49.6 Å². The van der Waals surface area contributed by atoms with E-state index in [0.717, 1.165) is 48.5 Å². The predicted molar refractivity (Wildman–Crippen MR) is 139 cm³/mol. The number of carbonyl (C=O) groups is 2. The van der Waals surface area contributed by atoms with Crippen molar-refractivity contribution in [3.8, 4) is 0 Å². The van der Waals surface area contributed by atoms with Crippen LogP contribution < -0.4 is 10.6 Å². The fraction of sp³-hybridized carbons (Fsp3) is 0.286. The Morgan fingerprint density at radius 1 is 1.00 bits per heavy atom. The number of likely N-dealkylation sites (tertiary alicyclic amines) is 1. The van der Waals surface area contributed by atoms with Crippen LogP contribution >= 0.6 is 11.3 Å². The molecule has 1 aliphatic rings. The van der Waals surface area contributed by atoms with Crippen LogP contribution in [0.4, 0.5) is 0 Å². The van der Waals surface area contributed by atoms with Crippen LogP contribution in [0.5, 0.6) is 0 Å². The van der Waals surface area contributed by atoms with E-state index in [2.05, 4.69) is 39.8 Å². The van der Waals surface area contributed by atoms with Crippen LogP contribution in [0.3, 0.4) is 0 Å². The Bertz CT molecular complexity index is 1150. The molecule has 176 valence electrons. The van der Waals surface area contributed by atoms with Gasteiger partial charge in [-0.25, -0.2) is 0 Å². The van der Waals surface area contributed by atoms with E-state index in [0.29, 0.717) is 5.56 Å². The lowest BCUT2D eigenvalue weighted by molar-refractivity contribution is -0.118. The quantitative estimate of drug-likeness (QED) is 0.479. The third-order valence-corrected chi connectivity index (χ3v) is 7.08. The van der Waals surface area contributed by atoms with Gasteiger partial charge in [-0.15, -0.1) is 11.3 Å². The molecule has 0 atom stereocenters. The molecule has 34 heavy (non-hydrogen) atoms. The molecule has 6 heteroatoms. The number of nitrogens with one attached hydrogen (secondary N) is 2.